The second-order valence-electron chi connectivity index (χ2n) is 6.88. The van der Waals surface area contributed by atoms with Crippen molar-refractivity contribution in [2.45, 2.75) is 39.0 Å². The molecule has 7 nitrogen and oxygen atoms in total. The molecule has 1 saturated heterocycles. The zero-order valence-electron chi connectivity index (χ0n) is 14.8. The van der Waals surface area contributed by atoms with E-state index in [1.807, 2.05) is 0 Å². The van der Waals surface area contributed by atoms with E-state index >= 15 is 0 Å². The molecule has 0 radical (unpaired) electrons. The maximum absolute atomic E-state index is 13.1. The van der Waals surface area contributed by atoms with Crippen LogP contribution in [0.3, 0.4) is 0 Å². The molecule has 1 aliphatic carbocycles. The highest BCUT2D eigenvalue weighted by Crippen LogP contribution is 2.40. The first-order valence-corrected chi connectivity index (χ1v) is 9.78. The zero-order valence-corrected chi connectivity index (χ0v) is 15.7. The molecule has 0 spiro atoms. The minimum atomic E-state index is -1.26. The molecule has 0 unspecified atom stereocenters. The number of aliphatic carboxylic acids is 1. The maximum Gasteiger partial charge on any atom is 0.257 e. The van der Waals surface area contributed by atoms with Gasteiger partial charge in [0.25, 0.3) is 5.91 Å². The molecule has 1 N–H and O–H groups in total. The first kappa shape index (κ1) is 18.8. The topological polar surface area (TPSA) is 98.8 Å². The Labute approximate surface area is 156 Å². The van der Waals surface area contributed by atoms with E-state index in [9.17, 15) is 19.5 Å². The van der Waals surface area contributed by atoms with Gasteiger partial charge in [-0.05, 0) is 37.2 Å². The van der Waals surface area contributed by atoms with Crippen LogP contribution < -0.4 is 10.4 Å². The minimum absolute atomic E-state index is 0.0736. The lowest BCUT2D eigenvalue weighted by Gasteiger charge is -2.28. The number of hydrogen-bond donors (Lipinski definition) is 1. The Kier molecular flexibility index (Phi) is 5.93. The maximum atomic E-state index is 13.1. The van der Waals surface area contributed by atoms with E-state index in [0.717, 1.165) is 29.7 Å². The summed E-state index contributed by atoms with van der Waals surface area (Å²) >= 11 is 1.45. The summed E-state index contributed by atoms with van der Waals surface area (Å²) in [5, 5.41) is 13.9. The summed E-state index contributed by atoms with van der Waals surface area (Å²) < 4.78 is 5.32. The van der Waals surface area contributed by atoms with Crippen LogP contribution in [0.5, 0.6) is 0 Å². The van der Waals surface area contributed by atoms with Gasteiger partial charge in [0, 0.05) is 30.4 Å². The Hall–Kier alpha value is -1.93. The van der Waals surface area contributed by atoms with Crippen molar-refractivity contribution in [1.82, 2.24) is 4.90 Å². The standard InChI is InChI=1S/C18H24N2O5S/c1-11-2-3-12-13(10-11)26-17(19-14(21)4-5-15(22)23)16(12)18(24)20-6-8-25-9-7-20/h11H,2-10H2,1H3,(H,19,21)(H,22,23)/p-1/t11-/m1/s1. The SMILES string of the molecule is C[C@@H]1CCc2c(sc(NC(=O)CCC(=O)[O-])c2C(=O)N2CCOCC2)C1. The summed E-state index contributed by atoms with van der Waals surface area (Å²) in [6, 6.07) is 0. The van der Waals surface area contributed by atoms with Crippen molar-refractivity contribution < 1.29 is 24.2 Å². The van der Waals surface area contributed by atoms with Crippen molar-refractivity contribution >= 4 is 34.1 Å². The third kappa shape index (κ3) is 4.24. The summed E-state index contributed by atoms with van der Waals surface area (Å²) in [6.45, 7) is 4.30. The van der Waals surface area contributed by atoms with Crippen LogP contribution in [-0.2, 0) is 27.2 Å². The van der Waals surface area contributed by atoms with E-state index in [4.69, 9.17) is 4.74 Å². The quantitative estimate of drug-likeness (QED) is 0.816. The molecule has 0 bridgehead atoms. The third-order valence-electron chi connectivity index (χ3n) is 4.83. The first-order valence-electron chi connectivity index (χ1n) is 8.97. The van der Waals surface area contributed by atoms with Crippen molar-refractivity contribution in [1.29, 1.82) is 0 Å². The Bertz CT molecular complexity index is 709. The molecule has 2 heterocycles. The van der Waals surface area contributed by atoms with Crippen LogP contribution >= 0.6 is 11.3 Å². The molecule has 1 aromatic rings. The molecule has 2 amide bonds. The molecule has 8 heteroatoms. The molecule has 1 aromatic heterocycles. The summed E-state index contributed by atoms with van der Waals surface area (Å²) in [4.78, 5) is 38.7. The zero-order chi connectivity index (χ0) is 18.7. The van der Waals surface area contributed by atoms with Crippen molar-refractivity contribution in [3.63, 3.8) is 0 Å². The number of rotatable bonds is 5. The largest absolute Gasteiger partial charge is 0.550 e. The van der Waals surface area contributed by atoms with E-state index in [1.54, 1.807) is 4.90 Å². The number of nitrogens with one attached hydrogen (secondary N) is 1. The van der Waals surface area contributed by atoms with E-state index in [1.165, 1.54) is 11.3 Å². The van der Waals surface area contributed by atoms with Crippen LogP contribution in [0.2, 0.25) is 0 Å². The highest BCUT2D eigenvalue weighted by atomic mass is 32.1. The molecule has 1 fully saturated rings. The molecule has 1 aliphatic heterocycles. The molecule has 3 rings (SSSR count). The predicted octanol–water partition coefficient (Wildman–Crippen LogP) is 0.814. The number of carbonyl (C=O) groups excluding carboxylic acids is 3. The minimum Gasteiger partial charge on any atom is -0.550 e. The van der Waals surface area contributed by atoms with Gasteiger partial charge in [-0.15, -0.1) is 11.3 Å². The summed E-state index contributed by atoms with van der Waals surface area (Å²) in [6.07, 6.45) is 2.25. The van der Waals surface area contributed by atoms with Gasteiger partial charge in [0.05, 0.1) is 18.8 Å². The highest BCUT2D eigenvalue weighted by Gasteiger charge is 2.31. The number of thiophene rings is 1. The summed E-state index contributed by atoms with van der Waals surface area (Å²) in [7, 11) is 0. The highest BCUT2D eigenvalue weighted by molar-refractivity contribution is 7.17. The van der Waals surface area contributed by atoms with Gasteiger partial charge in [-0.2, -0.15) is 0 Å². The number of fused-ring (bicyclic) bond motifs is 1. The lowest BCUT2D eigenvalue weighted by molar-refractivity contribution is -0.305. The van der Waals surface area contributed by atoms with Crippen LogP contribution in [0.1, 0.15) is 47.0 Å². The van der Waals surface area contributed by atoms with Gasteiger partial charge in [0.15, 0.2) is 0 Å². The smallest absolute Gasteiger partial charge is 0.257 e. The number of anilines is 1. The van der Waals surface area contributed by atoms with Crippen LogP contribution in [0.25, 0.3) is 0 Å². The molecular weight excluding hydrogens is 356 g/mol. The number of carbonyl (C=O) groups is 3. The van der Waals surface area contributed by atoms with E-state index in [-0.39, 0.29) is 18.7 Å². The van der Waals surface area contributed by atoms with Crippen molar-refractivity contribution in [3.05, 3.63) is 16.0 Å². The Morgan fingerprint density at radius 1 is 1.27 bits per heavy atom. The number of ether oxygens (including phenoxy) is 1. The van der Waals surface area contributed by atoms with E-state index in [0.29, 0.717) is 42.8 Å². The van der Waals surface area contributed by atoms with Crippen molar-refractivity contribution in [2.75, 3.05) is 31.6 Å². The molecule has 0 aromatic carbocycles. The normalized spacial score (nSPS) is 19.7. The second-order valence-corrected chi connectivity index (χ2v) is 7.99. The number of nitrogens with zero attached hydrogens (tertiary/aromatic N) is 1. The number of carboxylic acid groups (broad SMARTS) is 1. The molecule has 2 aliphatic rings. The monoisotopic (exact) mass is 379 g/mol. The first-order chi connectivity index (χ1) is 12.5. The van der Waals surface area contributed by atoms with Crippen molar-refractivity contribution in [3.8, 4) is 0 Å². The molecule has 26 heavy (non-hydrogen) atoms. The van der Waals surface area contributed by atoms with Crippen LogP contribution in [0, 0.1) is 5.92 Å². The van der Waals surface area contributed by atoms with Gasteiger partial charge >= 0.3 is 0 Å². The average molecular weight is 379 g/mol. The number of morpholine rings is 1. The number of carboxylic acids is 1. The molecule has 0 saturated carbocycles. The Morgan fingerprint density at radius 3 is 2.69 bits per heavy atom. The van der Waals surface area contributed by atoms with Gasteiger partial charge < -0.3 is 24.9 Å². The third-order valence-corrected chi connectivity index (χ3v) is 6.00. The molecule has 142 valence electrons. The number of amides is 2. The molecular formula is C18H23N2O5S-. The average Bonchev–Trinajstić information content (AvgIpc) is 2.96. The van der Waals surface area contributed by atoms with Crippen LogP contribution in [0.15, 0.2) is 0 Å². The van der Waals surface area contributed by atoms with Crippen LogP contribution in [-0.4, -0.2) is 49.0 Å². The second kappa shape index (κ2) is 8.18. The summed E-state index contributed by atoms with van der Waals surface area (Å²) in [5.41, 5.74) is 1.63. The van der Waals surface area contributed by atoms with Gasteiger partial charge in [-0.25, -0.2) is 0 Å². The summed E-state index contributed by atoms with van der Waals surface area (Å²) in [5.74, 6) is -1.19. The lowest BCUT2D eigenvalue weighted by Crippen LogP contribution is -2.41. The van der Waals surface area contributed by atoms with Crippen molar-refractivity contribution in [2.24, 2.45) is 5.92 Å². The lowest BCUT2D eigenvalue weighted by atomic mass is 9.88. The Morgan fingerprint density at radius 2 is 2.00 bits per heavy atom. The van der Waals surface area contributed by atoms with Gasteiger partial charge in [0.2, 0.25) is 5.91 Å². The number of hydrogen-bond acceptors (Lipinski definition) is 6. The Balaban J connectivity index is 1.86. The molecule has 1 atom stereocenters. The van der Waals surface area contributed by atoms with Gasteiger partial charge in [-0.1, -0.05) is 6.92 Å². The van der Waals surface area contributed by atoms with E-state index < -0.39 is 11.9 Å². The fourth-order valence-electron chi connectivity index (χ4n) is 3.39. The predicted molar refractivity (Wildman–Crippen MR) is 95.1 cm³/mol. The van der Waals surface area contributed by atoms with Gasteiger partial charge in [0.1, 0.15) is 5.00 Å². The van der Waals surface area contributed by atoms with Crippen LogP contribution in [0.4, 0.5) is 5.00 Å². The van der Waals surface area contributed by atoms with Gasteiger partial charge in [-0.3, -0.25) is 9.59 Å². The van der Waals surface area contributed by atoms with E-state index in [2.05, 4.69) is 12.2 Å². The fraction of sp³-hybridized carbons (Fsp3) is 0.611. The fourth-order valence-corrected chi connectivity index (χ4v) is 4.81.